The molecule has 13 heavy (non-hydrogen) atoms. The zero-order chi connectivity index (χ0) is 9.90. The molecule has 0 saturated heterocycles. The van der Waals surface area contributed by atoms with Crippen LogP contribution in [-0.2, 0) is 14.3 Å². The number of allylic oxidation sites excluding steroid dienone is 1. The van der Waals surface area contributed by atoms with Crippen molar-refractivity contribution in [2.24, 2.45) is 0 Å². The fourth-order valence-electron chi connectivity index (χ4n) is 1.25. The molecule has 72 valence electrons. The molecule has 1 rings (SSSR count). The number of hydrogen-bond acceptors (Lipinski definition) is 4. The monoisotopic (exact) mass is 184 g/mol. The van der Waals surface area contributed by atoms with Gasteiger partial charge in [0.1, 0.15) is 5.60 Å². The first kappa shape index (κ1) is 9.92. The van der Waals surface area contributed by atoms with Gasteiger partial charge in [0.15, 0.2) is 5.78 Å². The smallest absolute Gasteiger partial charge is 0.309 e. The third-order valence-corrected chi connectivity index (χ3v) is 1.82. The van der Waals surface area contributed by atoms with Gasteiger partial charge in [0.25, 0.3) is 0 Å². The van der Waals surface area contributed by atoms with E-state index < -0.39 is 11.6 Å². The predicted molar refractivity (Wildman–Crippen MR) is 45.0 cm³/mol. The van der Waals surface area contributed by atoms with E-state index in [-0.39, 0.29) is 25.2 Å². The second-order valence-electron chi connectivity index (χ2n) is 3.06. The molecule has 0 aromatic rings. The molecule has 0 bridgehead atoms. The van der Waals surface area contributed by atoms with Gasteiger partial charge in [-0.3, -0.25) is 9.59 Å². The fraction of sp³-hybridized carbons (Fsp3) is 0.556. The zero-order valence-corrected chi connectivity index (χ0v) is 7.45. The van der Waals surface area contributed by atoms with Crippen LogP contribution in [0, 0.1) is 0 Å². The molecule has 0 aromatic carbocycles. The van der Waals surface area contributed by atoms with E-state index in [1.54, 1.807) is 6.92 Å². The van der Waals surface area contributed by atoms with Crippen molar-refractivity contribution < 1.29 is 19.4 Å². The molecule has 0 radical (unpaired) electrons. The molecule has 0 saturated carbocycles. The molecule has 4 nitrogen and oxygen atoms in total. The summed E-state index contributed by atoms with van der Waals surface area (Å²) in [4.78, 5) is 21.8. The Kier molecular flexibility index (Phi) is 2.83. The number of rotatable bonds is 3. The minimum absolute atomic E-state index is 0.0220. The maximum absolute atomic E-state index is 11.0. The highest BCUT2D eigenvalue weighted by Crippen LogP contribution is 2.23. The van der Waals surface area contributed by atoms with Crippen molar-refractivity contribution in [3.63, 3.8) is 0 Å². The van der Waals surface area contributed by atoms with Crippen LogP contribution in [0.2, 0.25) is 0 Å². The maximum atomic E-state index is 11.0. The third kappa shape index (κ3) is 2.66. The van der Waals surface area contributed by atoms with Crippen molar-refractivity contribution in [1.82, 2.24) is 0 Å². The minimum Gasteiger partial charge on any atom is -0.466 e. The Morgan fingerprint density at radius 1 is 1.77 bits per heavy atom. The van der Waals surface area contributed by atoms with Crippen LogP contribution in [0.5, 0.6) is 0 Å². The van der Waals surface area contributed by atoms with E-state index in [0.29, 0.717) is 0 Å². The van der Waals surface area contributed by atoms with Gasteiger partial charge in [0, 0.05) is 6.42 Å². The number of hydrogen-bond donors (Lipinski definition) is 1. The Labute approximate surface area is 76.2 Å². The van der Waals surface area contributed by atoms with Gasteiger partial charge in [-0.1, -0.05) is 0 Å². The summed E-state index contributed by atoms with van der Waals surface area (Å²) in [5.74, 6) is -0.642. The molecule has 0 amide bonds. The highest BCUT2D eigenvalue weighted by molar-refractivity contribution is 5.94. The number of carbonyl (C=O) groups is 2. The van der Waals surface area contributed by atoms with Crippen LogP contribution < -0.4 is 0 Å². The summed E-state index contributed by atoms with van der Waals surface area (Å²) in [6.07, 6.45) is 2.47. The van der Waals surface area contributed by atoms with E-state index >= 15 is 0 Å². The molecule has 1 N–H and O–H groups in total. The van der Waals surface area contributed by atoms with Gasteiger partial charge >= 0.3 is 5.97 Å². The van der Waals surface area contributed by atoms with Gasteiger partial charge in [-0.2, -0.15) is 0 Å². The lowest BCUT2D eigenvalue weighted by Gasteiger charge is -2.17. The molecule has 1 aliphatic rings. The molecular weight excluding hydrogens is 172 g/mol. The first-order valence-corrected chi connectivity index (χ1v) is 4.16. The summed E-state index contributed by atoms with van der Waals surface area (Å²) in [7, 11) is 0. The van der Waals surface area contributed by atoms with E-state index in [9.17, 15) is 14.7 Å². The molecule has 0 fully saturated rings. The lowest BCUT2D eigenvalue weighted by atomic mass is 9.99. The summed E-state index contributed by atoms with van der Waals surface area (Å²) in [5.41, 5.74) is -1.32. The number of ketones is 1. The number of esters is 1. The van der Waals surface area contributed by atoms with Crippen LogP contribution in [0.15, 0.2) is 12.2 Å². The molecule has 1 atom stereocenters. The predicted octanol–water partition coefficient (Wildman–Crippen LogP) is 0.200. The Morgan fingerprint density at radius 3 is 2.92 bits per heavy atom. The van der Waals surface area contributed by atoms with E-state index in [2.05, 4.69) is 4.74 Å². The van der Waals surface area contributed by atoms with Crippen molar-refractivity contribution in [1.29, 1.82) is 0 Å². The lowest BCUT2D eigenvalue weighted by Crippen LogP contribution is -2.29. The Morgan fingerprint density at radius 2 is 2.46 bits per heavy atom. The van der Waals surface area contributed by atoms with Crippen molar-refractivity contribution in [3.8, 4) is 0 Å². The molecule has 0 heterocycles. The molecule has 0 aliphatic heterocycles. The van der Waals surface area contributed by atoms with Crippen LogP contribution in [0.1, 0.15) is 19.8 Å². The highest BCUT2D eigenvalue weighted by atomic mass is 16.5. The van der Waals surface area contributed by atoms with Crippen molar-refractivity contribution in [2.75, 3.05) is 6.61 Å². The topological polar surface area (TPSA) is 63.6 Å². The van der Waals surface area contributed by atoms with Gasteiger partial charge in [-0.15, -0.1) is 0 Å². The standard InChI is InChI=1S/C9H12O4/c1-2-13-8(11)6-9(12)4-3-7(10)5-9/h3-4,12H,2,5-6H2,1H3. The van der Waals surface area contributed by atoms with E-state index in [4.69, 9.17) is 0 Å². The molecular formula is C9H12O4. The van der Waals surface area contributed by atoms with Crippen molar-refractivity contribution in [3.05, 3.63) is 12.2 Å². The van der Waals surface area contributed by atoms with Gasteiger partial charge in [-0.25, -0.2) is 0 Å². The summed E-state index contributed by atoms with van der Waals surface area (Å²) in [6.45, 7) is 1.98. The highest BCUT2D eigenvalue weighted by Gasteiger charge is 2.34. The zero-order valence-electron chi connectivity index (χ0n) is 7.45. The van der Waals surface area contributed by atoms with Gasteiger partial charge in [0.2, 0.25) is 0 Å². The van der Waals surface area contributed by atoms with E-state index in [1.165, 1.54) is 12.2 Å². The summed E-state index contributed by atoms with van der Waals surface area (Å²) >= 11 is 0. The third-order valence-electron chi connectivity index (χ3n) is 1.82. The van der Waals surface area contributed by atoms with Gasteiger partial charge in [0.05, 0.1) is 13.0 Å². The summed E-state index contributed by atoms with van der Waals surface area (Å²) in [6, 6.07) is 0. The number of aliphatic hydroxyl groups is 1. The van der Waals surface area contributed by atoms with Crippen LogP contribution in [-0.4, -0.2) is 29.1 Å². The fourth-order valence-corrected chi connectivity index (χ4v) is 1.25. The average molecular weight is 184 g/mol. The largest absolute Gasteiger partial charge is 0.466 e. The average Bonchev–Trinajstić information content (AvgIpc) is 2.30. The maximum Gasteiger partial charge on any atom is 0.309 e. The van der Waals surface area contributed by atoms with Crippen LogP contribution in [0.25, 0.3) is 0 Å². The van der Waals surface area contributed by atoms with E-state index in [1.807, 2.05) is 0 Å². The summed E-state index contributed by atoms with van der Waals surface area (Å²) < 4.78 is 4.66. The molecule has 1 aliphatic carbocycles. The van der Waals surface area contributed by atoms with Crippen LogP contribution >= 0.6 is 0 Å². The first-order chi connectivity index (χ1) is 6.06. The molecule has 0 aromatic heterocycles. The van der Waals surface area contributed by atoms with Crippen LogP contribution in [0.4, 0.5) is 0 Å². The quantitative estimate of drug-likeness (QED) is 0.636. The SMILES string of the molecule is CCOC(=O)CC1(O)C=CC(=O)C1. The number of carbonyl (C=O) groups excluding carboxylic acids is 2. The van der Waals surface area contributed by atoms with Crippen LogP contribution in [0.3, 0.4) is 0 Å². The Hall–Kier alpha value is -1.16. The Balaban J connectivity index is 2.49. The molecule has 4 heteroatoms. The van der Waals surface area contributed by atoms with Gasteiger partial charge in [-0.05, 0) is 19.1 Å². The summed E-state index contributed by atoms with van der Waals surface area (Å²) in [5, 5.41) is 9.65. The normalized spacial score (nSPS) is 26.5. The Bertz CT molecular complexity index is 256. The number of ether oxygens (including phenoxy) is 1. The second kappa shape index (κ2) is 3.70. The molecule has 1 unspecified atom stereocenters. The minimum atomic E-state index is -1.32. The molecule has 0 spiro atoms. The first-order valence-electron chi connectivity index (χ1n) is 4.16. The van der Waals surface area contributed by atoms with Gasteiger partial charge < -0.3 is 9.84 Å². The van der Waals surface area contributed by atoms with E-state index in [0.717, 1.165) is 0 Å². The lowest BCUT2D eigenvalue weighted by molar-refractivity contribution is -0.147. The second-order valence-corrected chi connectivity index (χ2v) is 3.06. The van der Waals surface area contributed by atoms with Crippen molar-refractivity contribution in [2.45, 2.75) is 25.4 Å². The van der Waals surface area contributed by atoms with Crippen molar-refractivity contribution >= 4 is 11.8 Å².